The normalized spacial score (nSPS) is 10.9. The molecule has 0 fully saturated rings. The van der Waals surface area contributed by atoms with Crippen LogP contribution in [0.25, 0.3) is 21.3 Å². The number of carbonyl (C=O) groups is 1. The Balaban J connectivity index is 1.43. The summed E-state index contributed by atoms with van der Waals surface area (Å²) in [6, 6.07) is 26.7. The van der Waals surface area contributed by atoms with Crippen LogP contribution >= 0.6 is 11.3 Å². The second-order valence-electron chi connectivity index (χ2n) is 7.66. The molecular formula is C27H20FN3OS. The van der Waals surface area contributed by atoms with Gasteiger partial charge in [-0.15, -0.1) is 0 Å². The number of hydrogen-bond acceptors (Lipinski definition) is 4. The Morgan fingerprint density at radius 3 is 2.36 bits per heavy atom. The van der Waals surface area contributed by atoms with Crippen molar-refractivity contribution in [2.45, 2.75) is 13.0 Å². The fourth-order valence-corrected chi connectivity index (χ4v) is 4.67. The minimum Gasteiger partial charge on any atom is -0.283 e. The molecule has 162 valence electrons. The number of nitrogens with zero attached hydrogens (tertiary/aromatic N) is 3. The molecular weight excluding hydrogens is 433 g/mol. The first-order valence-electron chi connectivity index (χ1n) is 10.6. The monoisotopic (exact) mass is 453 g/mol. The molecule has 0 radical (unpaired) electrons. The molecule has 0 saturated carbocycles. The Morgan fingerprint density at radius 1 is 0.848 bits per heavy atom. The van der Waals surface area contributed by atoms with Crippen LogP contribution in [0.2, 0.25) is 0 Å². The smallest absolute Gasteiger partial charge is 0.233 e. The molecule has 4 nitrogen and oxygen atoms in total. The summed E-state index contributed by atoms with van der Waals surface area (Å²) in [7, 11) is 0. The zero-order valence-corrected chi connectivity index (χ0v) is 18.5. The summed E-state index contributed by atoms with van der Waals surface area (Å²) in [5.74, 6) is -0.494. The summed E-state index contributed by atoms with van der Waals surface area (Å²) < 4.78 is 15.0. The molecule has 0 spiro atoms. The Labute approximate surface area is 195 Å². The number of fused-ring (bicyclic) bond motifs is 1. The van der Waals surface area contributed by atoms with Crippen LogP contribution in [0.5, 0.6) is 0 Å². The van der Waals surface area contributed by atoms with Gasteiger partial charge < -0.3 is 0 Å². The maximum atomic E-state index is 14.2. The minimum absolute atomic E-state index is 0.106. The van der Waals surface area contributed by atoms with E-state index in [1.807, 2.05) is 60.7 Å². The number of aromatic nitrogens is 2. The van der Waals surface area contributed by atoms with E-state index in [1.54, 1.807) is 23.4 Å². The Kier molecular flexibility index (Phi) is 5.91. The molecule has 0 saturated heterocycles. The molecule has 33 heavy (non-hydrogen) atoms. The first-order valence-corrected chi connectivity index (χ1v) is 11.4. The van der Waals surface area contributed by atoms with E-state index >= 15 is 0 Å². The van der Waals surface area contributed by atoms with Crippen LogP contribution in [0, 0.1) is 5.82 Å². The molecule has 0 atom stereocenters. The van der Waals surface area contributed by atoms with E-state index in [0.717, 1.165) is 22.3 Å². The lowest BCUT2D eigenvalue weighted by molar-refractivity contribution is -0.118. The largest absolute Gasteiger partial charge is 0.283 e. The van der Waals surface area contributed by atoms with Gasteiger partial charge in [-0.1, -0.05) is 78.1 Å². The molecule has 0 aliphatic carbocycles. The van der Waals surface area contributed by atoms with E-state index < -0.39 is 0 Å². The second kappa shape index (κ2) is 9.30. The number of halogens is 1. The molecule has 6 heteroatoms. The molecule has 5 rings (SSSR count). The number of thiazole rings is 1. The summed E-state index contributed by atoms with van der Waals surface area (Å²) in [6.45, 7) is 0.316. The number of anilines is 1. The second-order valence-corrected chi connectivity index (χ2v) is 8.67. The highest BCUT2D eigenvalue weighted by Crippen LogP contribution is 2.31. The maximum absolute atomic E-state index is 14.2. The highest BCUT2D eigenvalue weighted by atomic mass is 32.1. The SMILES string of the molecule is O=C(Cc1ccc(-c2ccccc2)cc1)N(Cc1cccnc1)c1nc2c(F)cccc2s1. The first kappa shape index (κ1) is 21.0. The van der Waals surface area contributed by atoms with E-state index in [2.05, 4.69) is 22.1 Å². The molecule has 0 N–H and O–H groups in total. The predicted octanol–water partition coefficient (Wildman–Crippen LogP) is 6.27. The summed E-state index contributed by atoms with van der Waals surface area (Å²) in [4.78, 5) is 23.6. The molecule has 5 aromatic rings. The Hall–Kier alpha value is -3.90. The zero-order valence-electron chi connectivity index (χ0n) is 17.7. The molecule has 0 bridgehead atoms. The van der Waals surface area contributed by atoms with E-state index in [0.29, 0.717) is 16.4 Å². The summed E-state index contributed by atoms with van der Waals surface area (Å²) in [6.07, 6.45) is 3.63. The van der Waals surface area contributed by atoms with Gasteiger partial charge in [0.25, 0.3) is 0 Å². The fourth-order valence-electron chi connectivity index (χ4n) is 3.67. The molecule has 0 aliphatic rings. The van der Waals surface area contributed by atoms with Gasteiger partial charge in [0.15, 0.2) is 5.13 Å². The van der Waals surface area contributed by atoms with Crippen LogP contribution in [0.4, 0.5) is 9.52 Å². The average molecular weight is 454 g/mol. The molecule has 2 aromatic heterocycles. The lowest BCUT2D eigenvalue weighted by Gasteiger charge is -2.20. The quantitative estimate of drug-likeness (QED) is 0.304. The topological polar surface area (TPSA) is 46.1 Å². The maximum Gasteiger partial charge on any atom is 0.233 e. The fraction of sp³-hybridized carbons (Fsp3) is 0.0741. The van der Waals surface area contributed by atoms with Crippen molar-refractivity contribution in [2.75, 3.05) is 4.90 Å². The minimum atomic E-state index is -0.389. The van der Waals surface area contributed by atoms with E-state index in [9.17, 15) is 9.18 Å². The van der Waals surface area contributed by atoms with Gasteiger partial charge in [0.05, 0.1) is 17.7 Å². The molecule has 2 heterocycles. The number of para-hydroxylation sites is 1. The van der Waals surface area contributed by atoms with Gasteiger partial charge in [0.2, 0.25) is 5.91 Å². The Morgan fingerprint density at radius 2 is 1.64 bits per heavy atom. The van der Waals surface area contributed by atoms with Crippen molar-refractivity contribution in [1.82, 2.24) is 9.97 Å². The zero-order chi connectivity index (χ0) is 22.6. The van der Waals surface area contributed by atoms with Crippen molar-refractivity contribution < 1.29 is 9.18 Å². The highest BCUT2D eigenvalue weighted by molar-refractivity contribution is 7.22. The van der Waals surface area contributed by atoms with Crippen LogP contribution in [0.3, 0.4) is 0 Å². The van der Waals surface area contributed by atoms with Crippen LogP contribution in [-0.2, 0) is 17.8 Å². The number of pyridine rings is 1. The molecule has 0 unspecified atom stereocenters. The highest BCUT2D eigenvalue weighted by Gasteiger charge is 2.21. The van der Waals surface area contributed by atoms with Crippen molar-refractivity contribution in [3.8, 4) is 11.1 Å². The lowest BCUT2D eigenvalue weighted by atomic mass is 10.0. The van der Waals surface area contributed by atoms with Gasteiger partial charge in [-0.25, -0.2) is 9.37 Å². The summed E-state index contributed by atoms with van der Waals surface area (Å²) in [5.41, 5.74) is 4.30. The average Bonchev–Trinajstić information content (AvgIpc) is 3.29. The third-order valence-corrected chi connectivity index (χ3v) is 6.41. The van der Waals surface area contributed by atoms with E-state index in [4.69, 9.17) is 0 Å². The molecule has 0 aliphatic heterocycles. The van der Waals surface area contributed by atoms with Crippen molar-refractivity contribution in [3.05, 3.63) is 114 Å². The van der Waals surface area contributed by atoms with Crippen molar-refractivity contribution in [3.63, 3.8) is 0 Å². The van der Waals surface area contributed by atoms with Gasteiger partial charge in [-0.3, -0.25) is 14.7 Å². The van der Waals surface area contributed by atoms with E-state index in [-0.39, 0.29) is 23.7 Å². The molecule has 1 amide bonds. The van der Waals surface area contributed by atoms with Crippen molar-refractivity contribution in [1.29, 1.82) is 0 Å². The number of hydrogen-bond donors (Lipinski definition) is 0. The Bertz CT molecular complexity index is 1390. The van der Waals surface area contributed by atoms with Crippen molar-refractivity contribution in [2.24, 2.45) is 0 Å². The number of amides is 1. The summed E-state index contributed by atoms with van der Waals surface area (Å²) >= 11 is 1.31. The summed E-state index contributed by atoms with van der Waals surface area (Å²) in [5, 5.41) is 0.477. The van der Waals surface area contributed by atoms with Crippen LogP contribution in [0.1, 0.15) is 11.1 Å². The van der Waals surface area contributed by atoms with Crippen LogP contribution < -0.4 is 4.90 Å². The third kappa shape index (κ3) is 4.66. The first-order chi connectivity index (χ1) is 16.2. The molecule has 3 aromatic carbocycles. The van der Waals surface area contributed by atoms with Gasteiger partial charge in [0, 0.05) is 12.4 Å². The van der Waals surface area contributed by atoms with Crippen molar-refractivity contribution >= 4 is 32.6 Å². The third-order valence-electron chi connectivity index (χ3n) is 5.37. The predicted molar refractivity (Wildman–Crippen MR) is 131 cm³/mol. The lowest BCUT2D eigenvalue weighted by Crippen LogP contribution is -2.31. The standard InChI is InChI=1S/C27H20FN3OS/c28-23-9-4-10-24-26(23)30-27(33-24)31(18-20-6-5-15-29-17-20)25(32)16-19-11-13-22(14-12-19)21-7-2-1-3-8-21/h1-15,17H,16,18H2. The van der Waals surface area contributed by atoms with Gasteiger partial charge in [-0.05, 0) is 40.5 Å². The van der Waals surface area contributed by atoms with Crippen LogP contribution in [-0.4, -0.2) is 15.9 Å². The number of rotatable bonds is 6. The van der Waals surface area contributed by atoms with Crippen LogP contribution in [0.15, 0.2) is 97.3 Å². The van der Waals surface area contributed by atoms with Gasteiger partial charge in [0.1, 0.15) is 11.3 Å². The van der Waals surface area contributed by atoms with E-state index in [1.165, 1.54) is 17.4 Å². The number of carbonyl (C=O) groups excluding carboxylic acids is 1. The van der Waals surface area contributed by atoms with Gasteiger partial charge in [-0.2, -0.15) is 0 Å². The number of benzene rings is 3. The van der Waals surface area contributed by atoms with Gasteiger partial charge >= 0.3 is 0 Å².